The van der Waals surface area contributed by atoms with Gasteiger partial charge in [-0.3, -0.25) is 4.90 Å². The van der Waals surface area contributed by atoms with Gasteiger partial charge in [-0.25, -0.2) is 9.50 Å². The van der Waals surface area contributed by atoms with E-state index in [0.29, 0.717) is 11.7 Å². The number of nitrogens with zero attached hydrogens (tertiary/aromatic N) is 5. The molecule has 0 bridgehead atoms. The van der Waals surface area contributed by atoms with Crippen molar-refractivity contribution in [3.8, 4) is 0 Å². The van der Waals surface area contributed by atoms with Crippen LogP contribution in [0.1, 0.15) is 24.8 Å². The Bertz CT molecular complexity index is 1050. The summed E-state index contributed by atoms with van der Waals surface area (Å²) in [5, 5.41) is 4.66. The molecule has 1 fully saturated rings. The van der Waals surface area contributed by atoms with E-state index in [-0.39, 0.29) is 5.54 Å². The molecule has 0 atom stereocenters. The Labute approximate surface area is 157 Å². The molecule has 5 rings (SSSR count). The van der Waals surface area contributed by atoms with Crippen molar-refractivity contribution < 1.29 is 0 Å². The fraction of sp³-hybridized carbons (Fsp3) is 0.190. The minimum absolute atomic E-state index is 0.291. The van der Waals surface area contributed by atoms with Gasteiger partial charge >= 0.3 is 0 Å². The molecule has 1 aliphatic rings. The number of fused-ring (bicyclic) bond motifs is 1. The molecular weight excluding hydrogens is 336 g/mol. The van der Waals surface area contributed by atoms with Crippen molar-refractivity contribution in [1.82, 2.24) is 19.6 Å². The number of benzene rings is 2. The summed E-state index contributed by atoms with van der Waals surface area (Å²) in [6, 6.07) is 20.3. The average Bonchev–Trinajstić information content (AvgIpc) is 3.11. The van der Waals surface area contributed by atoms with E-state index in [4.69, 9.17) is 5.73 Å². The Morgan fingerprint density at radius 3 is 2.48 bits per heavy atom. The molecule has 6 nitrogen and oxygen atoms in total. The molecule has 1 saturated carbocycles. The molecule has 0 aliphatic heterocycles. The lowest BCUT2D eigenvalue weighted by Gasteiger charge is -2.41. The number of nitrogens with two attached hydrogens (primary N) is 1. The lowest BCUT2D eigenvalue weighted by atomic mass is 9.72. The minimum Gasteiger partial charge on any atom is -0.321 e. The van der Waals surface area contributed by atoms with Crippen LogP contribution in [0.4, 0.5) is 17.3 Å². The van der Waals surface area contributed by atoms with Gasteiger partial charge in [0.1, 0.15) is 0 Å². The molecule has 134 valence electrons. The third-order valence-electron chi connectivity index (χ3n) is 5.25. The van der Waals surface area contributed by atoms with Gasteiger partial charge in [-0.2, -0.15) is 4.98 Å². The summed E-state index contributed by atoms with van der Waals surface area (Å²) in [6.45, 7) is 0. The number of para-hydroxylation sites is 2. The molecule has 0 amide bonds. The fourth-order valence-electron chi connectivity index (χ4n) is 3.67. The third kappa shape index (κ3) is 2.65. The van der Waals surface area contributed by atoms with Gasteiger partial charge in [-0.05, 0) is 49.1 Å². The van der Waals surface area contributed by atoms with E-state index >= 15 is 0 Å². The van der Waals surface area contributed by atoms with Gasteiger partial charge in [0.05, 0.1) is 5.69 Å². The molecule has 2 heterocycles. The summed E-state index contributed by atoms with van der Waals surface area (Å²) in [4.78, 5) is 11.0. The highest BCUT2D eigenvalue weighted by molar-refractivity contribution is 5.76. The topological polar surface area (TPSA) is 72.3 Å². The van der Waals surface area contributed by atoms with Gasteiger partial charge < -0.3 is 5.73 Å². The number of anilines is 3. The van der Waals surface area contributed by atoms with Gasteiger partial charge in [-0.1, -0.05) is 36.4 Å². The molecule has 2 N–H and O–H groups in total. The van der Waals surface area contributed by atoms with E-state index < -0.39 is 0 Å². The lowest BCUT2D eigenvalue weighted by molar-refractivity contribution is 0.254. The SMILES string of the molecule is NC1(c2ccccc2N(c2ccccc2)c2nc3ncccn3n2)CCC1. The van der Waals surface area contributed by atoms with Crippen molar-refractivity contribution in [3.63, 3.8) is 0 Å². The van der Waals surface area contributed by atoms with Crippen LogP contribution in [0.2, 0.25) is 0 Å². The van der Waals surface area contributed by atoms with Gasteiger partial charge in [0.25, 0.3) is 11.7 Å². The molecule has 27 heavy (non-hydrogen) atoms. The Morgan fingerprint density at radius 2 is 1.74 bits per heavy atom. The molecule has 0 saturated heterocycles. The first kappa shape index (κ1) is 16.0. The summed E-state index contributed by atoms with van der Waals surface area (Å²) < 4.78 is 1.69. The maximum Gasteiger partial charge on any atom is 0.256 e. The molecule has 2 aromatic carbocycles. The van der Waals surface area contributed by atoms with E-state index in [1.807, 2.05) is 42.6 Å². The zero-order valence-corrected chi connectivity index (χ0v) is 14.9. The van der Waals surface area contributed by atoms with Gasteiger partial charge in [0.2, 0.25) is 0 Å². The van der Waals surface area contributed by atoms with Crippen LogP contribution in [0.25, 0.3) is 5.78 Å². The third-order valence-corrected chi connectivity index (χ3v) is 5.25. The van der Waals surface area contributed by atoms with E-state index in [9.17, 15) is 0 Å². The van der Waals surface area contributed by atoms with Crippen molar-refractivity contribution in [2.75, 3.05) is 4.90 Å². The summed E-state index contributed by atoms with van der Waals surface area (Å²) in [7, 11) is 0. The molecule has 0 unspecified atom stereocenters. The Morgan fingerprint density at radius 1 is 0.963 bits per heavy atom. The van der Waals surface area contributed by atoms with Crippen molar-refractivity contribution in [2.45, 2.75) is 24.8 Å². The zero-order chi connectivity index (χ0) is 18.3. The van der Waals surface area contributed by atoms with Crippen molar-refractivity contribution in [1.29, 1.82) is 0 Å². The van der Waals surface area contributed by atoms with Crippen LogP contribution in [0.3, 0.4) is 0 Å². The monoisotopic (exact) mass is 356 g/mol. The normalized spacial score (nSPS) is 15.4. The number of rotatable bonds is 4. The zero-order valence-electron chi connectivity index (χ0n) is 14.9. The van der Waals surface area contributed by atoms with Crippen LogP contribution in [0.15, 0.2) is 73.1 Å². The van der Waals surface area contributed by atoms with Crippen LogP contribution >= 0.6 is 0 Å². The molecular formula is C21H20N6. The predicted octanol–water partition coefficient (Wildman–Crippen LogP) is 3.93. The maximum atomic E-state index is 6.71. The molecule has 6 heteroatoms. The summed E-state index contributed by atoms with van der Waals surface area (Å²) in [6.07, 6.45) is 6.72. The first-order valence-corrected chi connectivity index (χ1v) is 9.16. The number of hydrogen-bond acceptors (Lipinski definition) is 5. The highest BCUT2D eigenvalue weighted by Crippen LogP contribution is 2.45. The Kier molecular flexibility index (Phi) is 3.65. The summed E-state index contributed by atoms with van der Waals surface area (Å²) in [5.41, 5.74) is 9.55. The minimum atomic E-state index is -0.291. The van der Waals surface area contributed by atoms with E-state index in [0.717, 1.165) is 36.2 Å². The van der Waals surface area contributed by atoms with E-state index in [1.54, 1.807) is 10.7 Å². The second kappa shape index (κ2) is 6.17. The van der Waals surface area contributed by atoms with Crippen molar-refractivity contribution in [2.24, 2.45) is 5.73 Å². The van der Waals surface area contributed by atoms with E-state index in [1.165, 1.54) is 0 Å². The predicted molar refractivity (Wildman–Crippen MR) is 105 cm³/mol. The number of aromatic nitrogens is 4. The molecule has 2 aromatic heterocycles. The molecule has 0 spiro atoms. The standard InChI is InChI=1S/C21H20N6/c22-21(12-6-13-21)17-10-4-5-11-18(17)27(16-8-2-1-3-9-16)20-24-19-23-14-7-15-26(19)25-20/h1-5,7-11,14-15H,6,12-13,22H2. The lowest BCUT2D eigenvalue weighted by Crippen LogP contribution is -2.44. The first-order chi connectivity index (χ1) is 13.2. The fourth-order valence-corrected chi connectivity index (χ4v) is 3.67. The molecule has 1 aliphatic carbocycles. The van der Waals surface area contributed by atoms with Crippen molar-refractivity contribution >= 4 is 23.1 Å². The van der Waals surface area contributed by atoms with Crippen LogP contribution in [-0.4, -0.2) is 19.6 Å². The smallest absolute Gasteiger partial charge is 0.256 e. The van der Waals surface area contributed by atoms with Crippen LogP contribution < -0.4 is 10.6 Å². The van der Waals surface area contributed by atoms with E-state index in [2.05, 4.69) is 44.2 Å². The van der Waals surface area contributed by atoms with Gasteiger partial charge in [-0.15, -0.1) is 5.10 Å². The van der Waals surface area contributed by atoms with Gasteiger partial charge in [0, 0.05) is 23.6 Å². The van der Waals surface area contributed by atoms with Crippen LogP contribution in [0.5, 0.6) is 0 Å². The molecule has 0 radical (unpaired) electrons. The van der Waals surface area contributed by atoms with Crippen LogP contribution in [0, 0.1) is 0 Å². The van der Waals surface area contributed by atoms with Crippen LogP contribution in [-0.2, 0) is 5.54 Å². The largest absolute Gasteiger partial charge is 0.321 e. The highest BCUT2D eigenvalue weighted by atomic mass is 15.4. The second-order valence-corrected chi connectivity index (χ2v) is 6.97. The molecule has 4 aromatic rings. The summed E-state index contributed by atoms with van der Waals surface area (Å²) in [5.74, 6) is 1.15. The maximum absolute atomic E-state index is 6.71. The average molecular weight is 356 g/mol. The number of hydrogen-bond donors (Lipinski definition) is 1. The van der Waals surface area contributed by atoms with Gasteiger partial charge in [0.15, 0.2) is 0 Å². The second-order valence-electron chi connectivity index (χ2n) is 6.97. The Balaban J connectivity index is 1.72. The quantitative estimate of drug-likeness (QED) is 0.600. The first-order valence-electron chi connectivity index (χ1n) is 9.16. The summed E-state index contributed by atoms with van der Waals surface area (Å²) >= 11 is 0. The Hall–Kier alpha value is -3.25. The van der Waals surface area contributed by atoms with Crippen molar-refractivity contribution in [3.05, 3.63) is 78.6 Å². The highest BCUT2D eigenvalue weighted by Gasteiger charge is 2.37.